The maximum atomic E-state index is 12.2. The normalized spacial score (nSPS) is 12.9. The number of anilines is 1. The molecule has 0 fully saturated rings. The molecule has 0 saturated carbocycles. The summed E-state index contributed by atoms with van der Waals surface area (Å²) in [5.74, 6) is 0. The minimum absolute atomic E-state index is 0.129. The molecule has 20 heavy (non-hydrogen) atoms. The molecule has 0 aliphatic rings. The molecular weight excluding hydrogens is 298 g/mol. The number of aliphatic hydroxyl groups is 1. The van der Waals surface area contributed by atoms with Crippen LogP contribution >= 0.6 is 11.6 Å². The van der Waals surface area contributed by atoms with Crippen LogP contribution in [0, 0.1) is 0 Å². The fraction of sp³-hybridized carbons (Fsp3) is 0.143. The average Bonchev–Trinajstić information content (AvgIpc) is 2.39. The predicted octanol–water partition coefficient (Wildman–Crippen LogP) is 3.19. The first-order valence-electron chi connectivity index (χ1n) is 5.95. The monoisotopic (exact) mass is 311 g/mol. The van der Waals surface area contributed by atoms with E-state index >= 15 is 0 Å². The zero-order chi connectivity index (χ0) is 14.8. The van der Waals surface area contributed by atoms with Gasteiger partial charge in [0, 0.05) is 10.7 Å². The molecule has 6 heteroatoms. The largest absolute Gasteiger partial charge is 0.389 e. The van der Waals surface area contributed by atoms with Gasteiger partial charge in [-0.2, -0.15) is 0 Å². The standard InChI is InChI=1S/C14H14ClNO3S/c1-10(17)11-3-2-4-13(9-11)16-20(18,19)14-7-5-12(15)6-8-14/h2-10,16-17H,1H3. The van der Waals surface area contributed by atoms with Gasteiger partial charge in [-0.25, -0.2) is 8.42 Å². The fourth-order valence-corrected chi connectivity index (χ4v) is 2.87. The lowest BCUT2D eigenvalue weighted by molar-refractivity contribution is 0.199. The second-order valence-corrected chi connectivity index (χ2v) is 6.48. The van der Waals surface area contributed by atoms with Crippen LogP contribution < -0.4 is 4.72 Å². The van der Waals surface area contributed by atoms with Crippen molar-refractivity contribution in [2.24, 2.45) is 0 Å². The lowest BCUT2D eigenvalue weighted by Crippen LogP contribution is -2.13. The Labute approximate surface area is 123 Å². The van der Waals surface area contributed by atoms with Crippen molar-refractivity contribution in [2.75, 3.05) is 4.72 Å². The highest BCUT2D eigenvalue weighted by molar-refractivity contribution is 7.92. The maximum absolute atomic E-state index is 12.2. The van der Waals surface area contributed by atoms with E-state index in [0.29, 0.717) is 16.3 Å². The zero-order valence-electron chi connectivity index (χ0n) is 10.7. The minimum atomic E-state index is -3.66. The zero-order valence-corrected chi connectivity index (χ0v) is 12.3. The van der Waals surface area contributed by atoms with Gasteiger partial charge in [0.05, 0.1) is 11.0 Å². The van der Waals surface area contributed by atoms with E-state index in [4.69, 9.17) is 11.6 Å². The van der Waals surface area contributed by atoms with Crippen LogP contribution in [0.5, 0.6) is 0 Å². The molecule has 2 aromatic rings. The van der Waals surface area contributed by atoms with Crippen LogP contribution in [0.4, 0.5) is 5.69 Å². The van der Waals surface area contributed by atoms with Gasteiger partial charge in [-0.05, 0) is 48.9 Å². The predicted molar refractivity (Wildman–Crippen MR) is 79.3 cm³/mol. The summed E-state index contributed by atoms with van der Waals surface area (Å²) in [4.78, 5) is 0.129. The van der Waals surface area contributed by atoms with Gasteiger partial charge in [0.25, 0.3) is 10.0 Å². The quantitative estimate of drug-likeness (QED) is 0.911. The topological polar surface area (TPSA) is 66.4 Å². The Balaban J connectivity index is 2.28. The number of nitrogens with one attached hydrogen (secondary N) is 1. The molecule has 2 aromatic carbocycles. The number of hydrogen-bond acceptors (Lipinski definition) is 3. The summed E-state index contributed by atoms with van der Waals surface area (Å²) in [5.41, 5.74) is 1.04. The second kappa shape index (κ2) is 5.83. The molecule has 0 bridgehead atoms. The molecule has 0 heterocycles. The summed E-state index contributed by atoms with van der Waals surface area (Å²) in [5, 5.41) is 9.97. The maximum Gasteiger partial charge on any atom is 0.261 e. The van der Waals surface area contributed by atoms with E-state index in [0.717, 1.165) is 0 Å². The van der Waals surface area contributed by atoms with Crippen LogP contribution in [0.1, 0.15) is 18.6 Å². The highest BCUT2D eigenvalue weighted by Crippen LogP contribution is 2.21. The number of sulfonamides is 1. The van der Waals surface area contributed by atoms with Crippen LogP contribution in [0.15, 0.2) is 53.4 Å². The van der Waals surface area contributed by atoms with E-state index in [1.165, 1.54) is 24.3 Å². The molecule has 4 nitrogen and oxygen atoms in total. The number of aliphatic hydroxyl groups excluding tert-OH is 1. The third-order valence-corrected chi connectivity index (χ3v) is 4.39. The molecule has 2 N–H and O–H groups in total. The van der Waals surface area contributed by atoms with Gasteiger partial charge in [0.1, 0.15) is 0 Å². The number of benzene rings is 2. The smallest absolute Gasteiger partial charge is 0.261 e. The van der Waals surface area contributed by atoms with Crippen LogP contribution in [-0.4, -0.2) is 13.5 Å². The average molecular weight is 312 g/mol. The van der Waals surface area contributed by atoms with Crippen molar-refractivity contribution in [2.45, 2.75) is 17.9 Å². The van der Waals surface area contributed by atoms with E-state index in [1.807, 2.05) is 0 Å². The van der Waals surface area contributed by atoms with Crippen LogP contribution in [-0.2, 0) is 10.0 Å². The van der Waals surface area contributed by atoms with Crippen molar-refractivity contribution >= 4 is 27.3 Å². The van der Waals surface area contributed by atoms with E-state index in [9.17, 15) is 13.5 Å². The molecule has 2 rings (SSSR count). The Kier molecular flexibility index (Phi) is 4.32. The lowest BCUT2D eigenvalue weighted by atomic mass is 10.1. The van der Waals surface area contributed by atoms with Crippen molar-refractivity contribution in [3.63, 3.8) is 0 Å². The van der Waals surface area contributed by atoms with Crippen molar-refractivity contribution in [1.82, 2.24) is 0 Å². The third kappa shape index (κ3) is 3.50. The Morgan fingerprint density at radius 3 is 2.40 bits per heavy atom. The first-order chi connectivity index (χ1) is 9.38. The van der Waals surface area contributed by atoms with E-state index in [1.54, 1.807) is 31.2 Å². The van der Waals surface area contributed by atoms with Gasteiger partial charge in [-0.1, -0.05) is 23.7 Å². The summed E-state index contributed by atoms with van der Waals surface area (Å²) in [6, 6.07) is 12.5. The summed E-state index contributed by atoms with van der Waals surface area (Å²) >= 11 is 5.73. The Bertz CT molecular complexity index is 697. The van der Waals surface area contributed by atoms with Gasteiger partial charge in [-0.3, -0.25) is 4.72 Å². The summed E-state index contributed by atoms with van der Waals surface area (Å²) < 4.78 is 26.8. The van der Waals surface area contributed by atoms with Gasteiger partial charge in [0.15, 0.2) is 0 Å². The summed E-state index contributed by atoms with van der Waals surface area (Å²) in [6.45, 7) is 1.62. The highest BCUT2D eigenvalue weighted by Gasteiger charge is 2.14. The van der Waals surface area contributed by atoms with Crippen LogP contribution in [0.2, 0.25) is 5.02 Å². The molecule has 1 atom stereocenters. The van der Waals surface area contributed by atoms with Crippen LogP contribution in [0.3, 0.4) is 0 Å². The van der Waals surface area contributed by atoms with Gasteiger partial charge in [0.2, 0.25) is 0 Å². The van der Waals surface area contributed by atoms with E-state index in [2.05, 4.69) is 4.72 Å². The molecular formula is C14H14ClNO3S. The Morgan fingerprint density at radius 2 is 1.80 bits per heavy atom. The first kappa shape index (κ1) is 14.8. The molecule has 0 amide bonds. The third-order valence-electron chi connectivity index (χ3n) is 2.75. The molecule has 0 aromatic heterocycles. The number of rotatable bonds is 4. The molecule has 0 spiro atoms. The second-order valence-electron chi connectivity index (χ2n) is 4.36. The van der Waals surface area contributed by atoms with E-state index in [-0.39, 0.29) is 4.90 Å². The van der Waals surface area contributed by atoms with Crippen molar-refractivity contribution < 1.29 is 13.5 Å². The molecule has 0 aliphatic heterocycles. The molecule has 1 unspecified atom stereocenters. The molecule has 106 valence electrons. The van der Waals surface area contributed by atoms with Crippen LogP contribution in [0.25, 0.3) is 0 Å². The fourth-order valence-electron chi connectivity index (χ4n) is 1.69. The van der Waals surface area contributed by atoms with Crippen molar-refractivity contribution in [3.8, 4) is 0 Å². The molecule has 0 saturated heterocycles. The SMILES string of the molecule is CC(O)c1cccc(NS(=O)(=O)c2ccc(Cl)cc2)c1. The lowest BCUT2D eigenvalue weighted by Gasteiger charge is -2.10. The minimum Gasteiger partial charge on any atom is -0.389 e. The number of hydrogen-bond donors (Lipinski definition) is 2. The van der Waals surface area contributed by atoms with Crippen molar-refractivity contribution in [3.05, 3.63) is 59.1 Å². The Hall–Kier alpha value is -1.56. The molecule has 0 radical (unpaired) electrons. The summed E-state index contributed by atoms with van der Waals surface area (Å²) in [7, 11) is -3.66. The van der Waals surface area contributed by atoms with E-state index < -0.39 is 16.1 Å². The number of halogens is 1. The van der Waals surface area contributed by atoms with Gasteiger partial charge >= 0.3 is 0 Å². The highest BCUT2D eigenvalue weighted by atomic mass is 35.5. The summed E-state index contributed by atoms with van der Waals surface area (Å²) in [6.07, 6.45) is -0.657. The van der Waals surface area contributed by atoms with Gasteiger partial charge in [-0.15, -0.1) is 0 Å². The Morgan fingerprint density at radius 1 is 1.15 bits per heavy atom. The van der Waals surface area contributed by atoms with Gasteiger partial charge < -0.3 is 5.11 Å². The molecule has 0 aliphatic carbocycles. The first-order valence-corrected chi connectivity index (χ1v) is 7.81. The van der Waals surface area contributed by atoms with Crippen molar-refractivity contribution in [1.29, 1.82) is 0 Å².